The molecule has 0 bridgehead atoms. The minimum absolute atomic E-state index is 0.0800. The number of aliphatic hydroxyl groups is 1. The van der Waals surface area contributed by atoms with Crippen molar-refractivity contribution < 1.29 is 24.1 Å². The third-order valence-electron chi connectivity index (χ3n) is 6.26. The molecule has 0 radical (unpaired) electrons. The van der Waals surface area contributed by atoms with Gasteiger partial charge >= 0.3 is 0 Å². The van der Waals surface area contributed by atoms with Crippen molar-refractivity contribution in [2.24, 2.45) is 0 Å². The van der Waals surface area contributed by atoms with E-state index in [9.17, 15) is 5.11 Å². The molecular weight excluding hydrogens is 380 g/mol. The van der Waals surface area contributed by atoms with Crippen molar-refractivity contribution in [3.05, 3.63) is 0 Å². The first-order valence-corrected chi connectivity index (χ1v) is 12.7. The van der Waals surface area contributed by atoms with Crippen molar-refractivity contribution in [1.29, 1.82) is 0 Å². The monoisotopic (exact) mass is 430 g/mol. The van der Waals surface area contributed by atoms with Gasteiger partial charge < -0.3 is 24.1 Å². The molecule has 1 saturated heterocycles. The Balaban J connectivity index is 1.87. The average Bonchev–Trinajstić information content (AvgIpc) is 3.12. The van der Waals surface area contributed by atoms with Gasteiger partial charge in [0.05, 0.1) is 6.61 Å². The quantitative estimate of drug-likeness (QED) is 0.226. The van der Waals surface area contributed by atoms with E-state index >= 15 is 0 Å². The summed E-state index contributed by atoms with van der Waals surface area (Å²) in [5.74, 6) is 0. The highest BCUT2D eigenvalue weighted by atomic mass is 16.7. The number of hydrogen-bond acceptors (Lipinski definition) is 5. The van der Waals surface area contributed by atoms with Crippen molar-refractivity contribution >= 4 is 0 Å². The maximum absolute atomic E-state index is 9.49. The number of unbranched alkanes of at least 4 members (excludes halogenated alkanes) is 15. The molecule has 0 unspecified atom stereocenters. The van der Waals surface area contributed by atoms with Gasteiger partial charge in [0.2, 0.25) is 0 Å². The van der Waals surface area contributed by atoms with E-state index in [-0.39, 0.29) is 24.9 Å². The number of aliphatic hydroxyl groups excluding tert-OH is 1. The van der Waals surface area contributed by atoms with E-state index in [4.69, 9.17) is 18.9 Å². The second-order valence-electron chi connectivity index (χ2n) is 8.80. The van der Waals surface area contributed by atoms with Crippen molar-refractivity contribution in [1.82, 2.24) is 0 Å². The molecule has 30 heavy (non-hydrogen) atoms. The topological polar surface area (TPSA) is 57.2 Å². The first-order valence-electron chi connectivity index (χ1n) is 12.7. The minimum atomic E-state index is -0.469. The molecular formula is C25H50O5. The van der Waals surface area contributed by atoms with Crippen LogP contribution >= 0.6 is 0 Å². The van der Waals surface area contributed by atoms with Crippen LogP contribution in [-0.2, 0) is 18.9 Å². The van der Waals surface area contributed by atoms with E-state index < -0.39 is 6.29 Å². The van der Waals surface area contributed by atoms with Gasteiger partial charge in [0.15, 0.2) is 6.29 Å². The van der Waals surface area contributed by atoms with Gasteiger partial charge in [-0.05, 0) is 6.42 Å². The molecule has 0 aliphatic carbocycles. The zero-order valence-corrected chi connectivity index (χ0v) is 20.1. The minimum Gasteiger partial charge on any atom is -0.394 e. The third-order valence-corrected chi connectivity index (χ3v) is 6.26. The molecule has 1 fully saturated rings. The molecule has 1 heterocycles. The summed E-state index contributed by atoms with van der Waals surface area (Å²) in [6.45, 7) is 2.88. The second kappa shape index (κ2) is 19.5. The Kier molecular flexibility index (Phi) is 18.1. The molecule has 1 rings (SSSR count). The number of rotatable bonds is 21. The lowest BCUT2D eigenvalue weighted by Gasteiger charge is -2.22. The van der Waals surface area contributed by atoms with Crippen molar-refractivity contribution in [2.45, 2.75) is 134 Å². The summed E-state index contributed by atoms with van der Waals surface area (Å²) in [5, 5.41) is 9.49. The Morgan fingerprint density at radius 3 is 1.50 bits per heavy atom. The zero-order valence-electron chi connectivity index (χ0n) is 20.1. The van der Waals surface area contributed by atoms with Crippen LogP contribution in [0.15, 0.2) is 0 Å². The first kappa shape index (κ1) is 27.8. The van der Waals surface area contributed by atoms with Crippen LogP contribution in [0.1, 0.15) is 110 Å². The SMILES string of the molecule is CCCCCCCCCCCCCCCCCCO[C@@H]1[C@@H](OC)[C@H](OC)O[C@@H]1CO. The van der Waals surface area contributed by atoms with E-state index in [2.05, 4.69) is 6.92 Å². The lowest BCUT2D eigenvalue weighted by atomic mass is 10.0. The highest BCUT2D eigenvalue weighted by Crippen LogP contribution is 2.26. The summed E-state index contributed by atoms with van der Waals surface area (Å²) in [7, 11) is 3.22. The van der Waals surface area contributed by atoms with E-state index in [0.717, 1.165) is 6.42 Å². The fourth-order valence-electron chi connectivity index (χ4n) is 4.35. The Labute approximate surface area is 186 Å². The summed E-state index contributed by atoms with van der Waals surface area (Å²) in [4.78, 5) is 0. The molecule has 0 aromatic carbocycles. The largest absolute Gasteiger partial charge is 0.394 e. The fourth-order valence-corrected chi connectivity index (χ4v) is 4.35. The van der Waals surface area contributed by atoms with Crippen LogP contribution in [0.2, 0.25) is 0 Å². The molecule has 1 N–H and O–H groups in total. The second-order valence-corrected chi connectivity index (χ2v) is 8.80. The van der Waals surface area contributed by atoms with Crippen molar-refractivity contribution in [3.63, 3.8) is 0 Å². The van der Waals surface area contributed by atoms with E-state index in [1.165, 1.54) is 96.3 Å². The third kappa shape index (κ3) is 12.0. The zero-order chi connectivity index (χ0) is 21.9. The van der Waals surface area contributed by atoms with Crippen LogP contribution in [0.4, 0.5) is 0 Å². The van der Waals surface area contributed by atoms with Crippen molar-refractivity contribution in [3.8, 4) is 0 Å². The van der Waals surface area contributed by atoms with Crippen LogP contribution in [0, 0.1) is 0 Å². The predicted octanol–water partition coefficient (Wildman–Crippen LogP) is 6.01. The average molecular weight is 431 g/mol. The van der Waals surface area contributed by atoms with Gasteiger partial charge in [0, 0.05) is 20.8 Å². The van der Waals surface area contributed by atoms with Crippen LogP contribution in [-0.4, -0.2) is 57.1 Å². The van der Waals surface area contributed by atoms with Gasteiger partial charge in [0.25, 0.3) is 0 Å². The van der Waals surface area contributed by atoms with Gasteiger partial charge in [-0.3, -0.25) is 0 Å². The number of ether oxygens (including phenoxy) is 4. The molecule has 5 nitrogen and oxygen atoms in total. The molecule has 0 spiro atoms. The lowest BCUT2D eigenvalue weighted by molar-refractivity contribution is -0.159. The molecule has 1 aliphatic rings. The summed E-state index contributed by atoms with van der Waals surface area (Å²) in [5.41, 5.74) is 0. The van der Waals surface area contributed by atoms with Crippen LogP contribution in [0.25, 0.3) is 0 Å². The molecule has 4 atom stereocenters. The Morgan fingerprint density at radius 1 is 0.633 bits per heavy atom. The predicted molar refractivity (Wildman–Crippen MR) is 123 cm³/mol. The Morgan fingerprint density at radius 2 is 1.10 bits per heavy atom. The Hall–Kier alpha value is -0.200. The highest BCUT2D eigenvalue weighted by Gasteiger charge is 2.45. The molecule has 0 aromatic rings. The molecule has 0 aromatic heterocycles. The maximum atomic E-state index is 9.49. The summed E-state index contributed by atoms with van der Waals surface area (Å²) < 4.78 is 22.3. The standard InChI is InChI=1S/C25H50O5/c1-4-5-6-7-8-9-10-11-12-13-14-15-16-17-18-19-20-29-23-22(21-26)30-25(28-3)24(23)27-2/h22-26H,4-21H2,1-3H3/t22-,23+,24-,25-/m1/s1. The summed E-state index contributed by atoms with van der Waals surface area (Å²) in [6, 6.07) is 0. The summed E-state index contributed by atoms with van der Waals surface area (Å²) >= 11 is 0. The number of hydrogen-bond donors (Lipinski definition) is 1. The lowest BCUT2D eigenvalue weighted by Crippen LogP contribution is -2.38. The molecule has 5 heteroatoms. The Bertz CT molecular complexity index is 365. The molecule has 0 amide bonds. The smallest absolute Gasteiger partial charge is 0.186 e. The van der Waals surface area contributed by atoms with Gasteiger partial charge in [-0.2, -0.15) is 0 Å². The van der Waals surface area contributed by atoms with Gasteiger partial charge in [0.1, 0.15) is 18.3 Å². The maximum Gasteiger partial charge on any atom is 0.186 e. The normalized spacial score (nSPS) is 24.0. The van der Waals surface area contributed by atoms with Crippen LogP contribution in [0.5, 0.6) is 0 Å². The van der Waals surface area contributed by atoms with Crippen LogP contribution in [0.3, 0.4) is 0 Å². The van der Waals surface area contributed by atoms with Crippen molar-refractivity contribution in [2.75, 3.05) is 27.4 Å². The van der Waals surface area contributed by atoms with E-state index in [1.54, 1.807) is 14.2 Å². The van der Waals surface area contributed by atoms with Crippen LogP contribution < -0.4 is 0 Å². The highest BCUT2D eigenvalue weighted by molar-refractivity contribution is 4.88. The van der Waals surface area contributed by atoms with Gasteiger partial charge in [-0.25, -0.2) is 0 Å². The molecule has 0 saturated carbocycles. The summed E-state index contributed by atoms with van der Waals surface area (Å²) in [6.07, 6.45) is 20.4. The van der Waals surface area contributed by atoms with E-state index in [0.29, 0.717) is 6.61 Å². The van der Waals surface area contributed by atoms with E-state index in [1.807, 2.05) is 0 Å². The first-order chi connectivity index (χ1) is 14.8. The van der Waals surface area contributed by atoms with Gasteiger partial charge in [-0.15, -0.1) is 0 Å². The fraction of sp³-hybridized carbons (Fsp3) is 1.00. The van der Waals surface area contributed by atoms with Gasteiger partial charge in [-0.1, -0.05) is 103 Å². The molecule has 1 aliphatic heterocycles. The molecule has 180 valence electrons. The number of methoxy groups -OCH3 is 2.